The third-order valence-electron chi connectivity index (χ3n) is 5.94. The van der Waals surface area contributed by atoms with Crippen molar-refractivity contribution < 1.29 is 0 Å². The molecule has 0 radical (unpaired) electrons. The molecule has 3 aliphatic rings. The summed E-state index contributed by atoms with van der Waals surface area (Å²) in [5, 5.41) is 0. The monoisotopic (exact) mass is 204 g/mol. The van der Waals surface area contributed by atoms with Crippen LogP contribution in [0.5, 0.6) is 0 Å². The summed E-state index contributed by atoms with van der Waals surface area (Å²) in [6, 6.07) is 0. The van der Waals surface area contributed by atoms with Gasteiger partial charge in [0, 0.05) is 0 Å². The second kappa shape index (κ2) is 2.90. The van der Waals surface area contributed by atoms with Crippen LogP contribution in [0.2, 0.25) is 0 Å². The first kappa shape index (κ1) is 9.93. The SMILES string of the molecule is C=C1CCC23C(C)CCC(C(C)C)C2C13. The third kappa shape index (κ3) is 1.04. The number of hydrogen-bond donors (Lipinski definition) is 0. The Morgan fingerprint density at radius 2 is 2.07 bits per heavy atom. The smallest absolute Gasteiger partial charge is 0.0107 e. The van der Waals surface area contributed by atoms with Crippen molar-refractivity contribution in [3.8, 4) is 0 Å². The normalized spacial score (nSPS) is 52.9. The molecule has 0 heterocycles. The van der Waals surface area contributed by atoms with E-state index in [4.69, 9.17) is 0 Å². The quantitative estimate of drug-likeness (QED) is 0.559. The van der Waals surface area contributed by atoms with Crippen LogP contribution in [0.25, 0.3) is 0 Å². The maximum absolute atomic E-state index is 4.32. The van der Waals surface area contributed by atoms with Crippen molar-refractivity contribution in [1.82, 2.24) is 0 Å². The Balaban J connectivity index is 1.91. The standard InChI is InChI=1S/C15H24/c1-9(2)12-6-5-11(4)15-8-7-10(3)13(15)14(12)15/h9,11-14H,3,5-8H2,1-2,4H3. The average molecular weight is 204 g/mol. The first-order chi connectivity index (χ1) is 7.09. The minimum absolute atomic E-state index is 0.740. The minimum atomic E-state index is 0.740. The second-order valence-corrected chi connectivity index (χ2v) is 6.66. The molecule has 0 saturated heterocycles. The molecule has 3 fully saturated rings. The zero-order chi connectivity index (χ0) is 10.8. The van der Waals surface area contributed by atoms with Gasteiger partial charge >= 0.3 is 0 Å². The highest BCUT2D eigenvalue weighted by Crippen LogP contribution is 2.79. The fourth-order valence-corrected chi connectivity index (χ4v) is 5.14. The van der Waals surface area contributed by atoms with Gasteiger partial charge < -0.3 is 0 Å². The maximum Gasteiger partial charge on any atom is -0.0107 e. The largest absolute Gasteiger partial charge is 0.0995 e. The van der Waals surface area contributed by atoms with E-state index in [-0.39, 0.29) is 0 Å². The molecule has 5 unspecified atom stereocenters. The molecule has 3 saturated carbocycles. The van der Waals surface area contributed by atoms with Crippen molar-refractivity contribution in [1.29, 1.82) is 0 Å². The zero-order valence-corrected chi connectivity index (χ0v) is 10.4. The van der Waals surface area contributed by atoms with Crippen LogP contribution in [-0.4, -0.2) is 0 Å². The van der Waals surface area contributed by atoms with E-state index in [0.717, 1.165) is 35.0 Å². The van der Waals surface area contributed by atoms with Crippen molar-refractivity contribution in [2.24, 2.45) is 35.0 Å². The number of hydrogen-bond acceptors (Lipinski definition) is 0. The van der Waals surface area contributed by atoms with Crippen LogP contribution in [0.15, 0.2) is 12.2 Å². The molecular formula is C15H24. The Labute approximate surface area is 94.1 Å². The molecule has 84 valence electrons. The summed E-state index contributed by atoms with van der Waals surface area (Å²) in [4.78, 5) is 0. The van der Waals surface area contributed by atoms with E-state index in [2.05, 4.69) is 27.4 Å². The van der Waals surface area contributed by atoms with Crippen LogP contribution in [0.1, 0.15) is 46.5 Å². The van der Waals surface area contributed by atoms with Crippen molar-refractivity contribution in [3.63, 3.8) is 0 Å². The molecule has 0 heteroatoms. The molecule has 1 spiro atoms. The summed E-state index contributed by atoms with van der Waals surface area (Å²) in [6.45, 7) is 11.7. The van der Waals surface area contributed by atoms with E-state index < -0.39 is 0 Å². The second-order valence-electron chi connectivity index (χ2n) is 6.66. The van der Waals surface area contributed by atoms with Gasteiger partial charge in [-0.15, -0.1) is 0 Å². The van der Waals surface area contributed by atoms with Crippen molar-refractivity contribution in [2.45, 2.75) is 46.5 Å². The molecule has 0 bridgehead atoms. The predicted molar refractivity (Wildman–Crippen MR) is 64.5 cm³/mol. The molecule has 15 heavy (non-hydrogen) atoms. The van der Waals surface area contributed by atoms with Gasteiger partial charge in [-0.2, -0.15) is 0 Å². The van der Waals surface area contributed by atoms with Crippen LogP contribution >= 0.6 is 0 Å². The van der Waals surface area contributed by atoms with Crippen LogP contribution in [0.4, 0.5) is 0 Å². The molecule has 3 rings (SSSR count). The lowest BCUT2D eigenvalue weighted by atomic mass is 9.70. The molecule has 0 aromatic heterocycles. The van der Waals surface area contributed by atoms with Gasteiger partial charge in [0.2, 0.25) is 0 Å². The summed E-state index contributed by atoms with van der Waals surface area (Å²) < 4.78 is 0. The first-order valence-electron chi connectivity index (χ1n) is 6.76. The topological polar surface area (TPSA) is 0 Å². The molecule has 3 aliphatic carbocycles. The van der Waals surface area contributed by atoms with E-state index in [9.17, 15) is 0 Å². The Bertz CT molecular complexity index is 301. The predicted octanol–water partition coefficient (Wildman–Crippen LogP) is 4.27. The summed E-state index contributed by atoms with van der Waals surface area (Å²) >= 11 is 0. The molecule has 0 aromatic carbocycles. The van der Waals surface area contributed by atoms with Crippen molar-refractivity contribution >= 4 is 0 Å². The van der Waals surface area contributed by atoms with E-state index >= 15 is 0 Å². The summed E-state index contributed by atoms with van der Waals surface area (Å²) in [5.41, 5.74) is 2.34. The fourth-order valence-electron chi connectivity index (χ4n) is 5.14. The molecule has 0 aliphatic heterocycles. The van der Waals surface area contributed by atoms with Gasteiger partial charge in [-0.3, -0.25) is 0 Å². The summed E-state index contributed by atoms with van der Waals surface area (Å²) in [6.07, 6.45) is 5.75. The Kier molecular flexibility index (Phi) is 1.92. The third-order valence-corrected chi connectivity index (χ3v) is 5.94. The first-order valence-corrected chi connectivity index (χ1v) is 6.76. The van der Waals surface area contributed by atoms with E-state index in [1.54, 1.807) is 5.57 Å². The van der Waals surface area contributed by atoms with Crippen LogP contribution in [0.3, 0.4) is 0 Å². The van der Waals surface area contributed by atoms with Crippen LogP contribution in [-0.2, 0) is 0 Å². The molecule has 0 nitrogen and oxygen atoms in total. The maximum atomic E-state index is 4.32. The highest BCUT2D eigenvalue weighted by molar-refractivity contribution is 5.33. The number of fused-ring (bicyclic) bond motifs is 1. The van der Waals surface area contributed by atoms with Gasteiger partial charge in [-0.25, -0.2) is 0 Å². The van der Waals surface area contributed by atoms with Gasteiger partial charge in [-0.05, 0) is 60.7 Å². The lowest BCUT2D eigenvalue weighted by molar-refractivity contribution is 0.142. The summed E-state index contributed by atoms with van der Waals surface area (Å²) in [7, 11) is 0. The lowest BCUT2D eigenvalue weighted by Gasteiger charge is -2.35. The molecular weight excluding hydrogens is 180 g/mol. The van der Waals surface area contributed by atoms with Gasteiger partial charge in [-0.1, -0.05) is 32.9 Å². The fraction of sp³-hybridized carbons (Fsp3) is 0.867. The number of rotatable bonds is 1. The van der Waals surface area contributed by atoms with Crippen LogP contribution < -0.4 is 0 Å². The Hall–Kier alpha value is -0.260. The summed E-state index contributed by atoms with van der Waals surface area (Å²) in [5.74, 6) is 4.83. The van der Waals surface area contributed by atoms with Crippen molar-refractivity contribution in [3.05, 3.63) is 12.2 Å². The molecule has 5 atom stereocenters. The van der Waals surface area contributed by atoms with Gasteiger partial charge in [0.1, 0.15) is 0 Å². The highest BCUT2D eigenvalue weighted by Gasteiger charge is 2.73. The average Bonchev–Trinajstić information content (AvgIpc) is 2.75. The van der Waals surface area contributed by atoms with Crippen LogP contribution in [0, 0.1) is 35.0 Å². The molecule has 0 aromatic rings. The van der Waals surface area contributed by atoms with E-state index in [1.807, 2.05) is 0 Å². The minimum Gasteiger partial charge on any atom is -0.0995 e. The van der Waals surface area contributed by atoms with E-state index in [0.29, 0.717) is 0 Å². The molecule has 0 amide bonds. The van der Waals surface area contributed by atoms with Crippen molar-refractivity contribution in [2.75, 3.05) is 0 Å². The lowest BCUT2D eigenvalue weighted by Crippen LogP contribution is -2.27. The van der Waals surface area contributed by atoms with Gasteiger partial charge in [0.15, 0.2) is 0 Å². The Morgan fingerprint density at radius 3 is 2.73 bits per heavy atom. The Morgan fingerprint density at radius 1 is 1.33 bits per heavy atom. The van der Waals surface area contributed by atoms with Gasteiger partial charge in [0.25, 0.3) is 0 Å². The number of allylic oxidation sites excluding steroid dienone is 1. The van der Waals surface area contributed by atoms with Gasteiger partial charge in [0.05, 0.1) is 0 Å². The molecule has 0 N–H and O–H groups in total. The highest BCUT2D eigenvalue weighted by atomic mass is 14.8. The zero-order valence-electron chi connectivity index (χ0n) is 10.4. The van der Waals surface area contributed by atoms with E-state index in [1.165, 1.54) is 25.7 Å².